The number of thiocarbonyl (C=S) groups is 1. The third-order valence-electron chi connectivity index (χ3n) is 1.50. The van der Waals surface area contributed by atoms with E-state index < -0.39 is 0 Å². The van der Waals surface area contributed by atoms with Crippen molar-refractivity contribution in [1.82, 2.24) is 0 Å². The van der Waals surface area contributed by atoms with Gasteiger partial charge in [-0.05, 0) is 6.42 Å². The van der Waals surface area contributed by atoms with Crippen molar-refractivity contribution in [2.45, 2.75) is 12.8 Å². The third kappa shape index (κ3) is 11.8. The van der Waals surface area contributed by atoms with E-state index in [1.54, 1.807) is 7.11 Å². The minimum Gasteiger partial charge on any atom is -0.393 e. The Bertz CT molecular complexity index is 144. The molecule has 14 heavy (non-hydrogen) atoms. The molecule has 0 amide bonds. The molecule has 0 aromatic heterocycles. The molecule has 4 nitrogen and oxygen atoms in total. The second-order valence-corrected chi connectivity index (χ2v) is 3.31. The number of hydrogen-bond acceptors (Lipinski definition) is 4. The summed E-state index contributed by atoms with van der Waals surface area (Å²) in [5.74, 6) is 0. The van der Waals surface area contributed by atoms with Crippen molar-refractivity contribution in [3.05, 3.63) is 0 Å². The van der Waals surface area contributed by atoms with Crippen molar-refractivity contribution < 1.29 is 14.2 Å². The molecule has 0 aliphatic carbocycles. The quantitative estimate of drug-likeness (QED) is 0.435. The number of methoxy groups -OCH3 is 1. The van der Waals surface area contributed by atoms with E-state index in [0.29, 0.717) is 44.4 Å². The molecule has 0 radical (unpaired) electrons. The average Bonchev–Trinajstić information content (AvgIpc) is 2.15. The minimum absolute atomic E-state index is 0.501. The highest BCUT2D eigenvalue weighted by molar-refractivity contribution is 7.80. The van der Waals surface area contributed by atoms with Gasteiger partial charge in [-0.2, -0.15) is 0 Å². The molecule has 0 aromatic carbocycles. The van der Waals surface area contributed by atoms with Gasteiger partial charge in [-0.3, -0.25) is 0 Å². The Labute approximate surface area is 90.7 Å². The molecular formula is C9H19NO3S. The Hall–Kier alpha value is -0.230. The summed E-state index contributed by atoms with van der Waals surface area (Å²) in [6, 6.07) is 0. The van der Waals surface area contributed by atoms with E-state index in [9.17, 15) is 0 Å². The van der Waals surface area contributed by atoms with Crippen LogP contribution in [0.5, 0.6) is 0 Å². The highest BCUT2D eigenvalue weighted by Gasteiger charge is 1.92. The lowest BCUT2D eigenvalue weighted by molar-refractivity contribution is 0.0525. The topological polar surface area (TPSA) is 53.7 Å². The zero-order valence-corrected chi connectivity index (χ0v) is 9.48. The maximum Gasteiger partial charge on any atom is 0.0750 e. The zero-order chi connectivity index (χ0) is 10.6. The lowest BCUT2D eigenvalue weighted by Crippen LogP contribution is -2.12. The molecule has 0 rings (SSSR count). The molecule has 0 saturated carbocycles. The van der Waals surface area contributed by atoms with E-state index in [1.807, 2.05) is 0 Å². The number of ether oxygens (including phenoxy) is 3. The van der Waals surface area contributed by atoms with E-state index >= 15 is 0 Å². The van der Waals surface area contributed by atoms with Crippen LogP contribution in [0.15, 0.2) is 0 Å². The second-order valence-electron chi connectivity index (χ2n) is 2.79. The molecule has 0 unspecified atom stereocenters. The van der Waals surface area contributed by atoms with Crippen LogP contribution in [0.2, 0.25) is 0 Å². The maximum atomic E-state index is 5.30. The molecule has 0 bridgehead atoms. The molecule has 0 aliphatic rings. The predicted molar refractivity (Wildman–Crippen MR) is 59.5 cm³/mol. The fraction of sp³-hybridized carbons (Fsp3) is 0.889. The number of hydrogen-bond donors (Lipinski definition) is 1. The molecule has 0 saturated heterocycles. The van der Waals surface area contributed by atoms with Gasteiger partial charge < -0.3 is 19.9 Å². The molecular weight excluding hydrogens is 202 g/mol. The number of nitrogens with two attached hydrogens (primary N) is 1. The second kappa shape index (κ2) is 10.8. The first-order valence-corrected chi connectivity index (χ1v) is 5.11. The van der Waals surface area contributed by atoms with Crippen LogP contribution < -0.4 is 5.73 Å². The fourth-order valence-corrected chi connectivity index (χ4v) is 0.866. The van der Waals surface area contributed by atoms with Gasteiger partial charge in [0.1, 0.15) is 0 Å². The van der Waals surface area contributed by atoms with E-state index in [4.69, 9.17) is 32.2 Å². The van der Waals surface area contributed by atoms with Crippen molar-refractivity contribution in [3.63, 3.8) is 0 Å². The maximum absolute atomic E-state index is 5.30. The van der Waals surface area contributed by atoms with Gasteiger partial charge in [-0.25, -0.2) is 0 Å². The molecule has 5 heteroatoms. The first-order valence-electron chi connectivity index (χ1n) is 4.70. The molecule has 0 aromatic rings. The van der Waals surface area contributed by atoms with Gasteiger partial charge in [0.15, 0.2) is 0 Å². The zero-order valence-electron chi connectivity index (χ0n) is 8.66. The summed E-state index contributed by atoms with van der Waals surface area (Å²) in [6.07, 6.45) is 1.54. The molecule has 0 atom stereocenters. The van der Waals surface area contributed by atoms with E-state index in [0.717, 1.165) is 6.42 Å². The van der Waals surface area contributed by atoms with Crippen LogP contribution in [0, 0.1) is 0 Å². The molecule has 0 fully saturated rings. The van der Waals surface area contributed by atoms with E-state index in [1.165, 1.54) is 0 Å². The van der Waals surface area contributed by atoms with Crippen LogP contribution in [-0.4, -0.2) is 45.1 Å². The van der Waals surface area contributed by atoms with Gasteiger partial charge in [0.25, 0.3) is 0 Å². The van der Waals surface area contributed by atoms with Crippen molar-refractivity contribution >= 4 is 17.2 Å². The van der Waals surface area contributed by atoms with Gasteiger partial charge >= 0.3 is 0 Å². The van der Waals surface area contributed by atoms with E-state index in [2.05, 4.69) is 0 Å². The standard InChI is InChI=1S/C9H19NO3S/c1-11-7-8-13-5-2-4-12-6-3-9(10)14/h2-8H2,1H3,(H2,10,14). The van der Waals surface area contributed by atoms with Gasteiger partial charge in [0.05, 0.1) is 24.8 Å². The van der Waals surface area contributed by atoms with Crippen LogP contribution in [-0.2, 0) is 14.2 Å². The van der Waals surface area contributed by atoms with Crippen molar-refractivity contribution in [2.24, 2.45) is 5.73 Å². The Balaban J connectivity index is 2.88. The SMILES string of the molecule is COCCOCCCOCCC(N)=S. The Morgan fingerprint density at radius 1 is 1.07 bits per heavy atom. The fourth-order valence-electron chi connectivity index (χ4n) is 0.782. The van der Waals surface area contributed by atoms with Crippen LogP contribution >= 0.6 is 12.2 Å². The summed E-state index contributed by atoms with van der Waals surface area (Å²) in [7, 11) is 1.65. The normalized spacial score (nSPS) is 10.4. The molecule has 0 aliphatic heterocycles. The van der Waals surface area contributed by atoms with Gasteiger partial charge in [0.2, 0.25) is 0 Å². The molecule has 84 valence electrons. The average molecular weight is 221 g/mol. The minimum atomic E-state index is 0.501. The Morgan fingerprint density at radius 3 is 2.29 bits per heavy atom. The first kappa shape index (κ1) is 13.8. The predicted octanol–water partition coefficient (Wildman–Crippen LogP) is 0.732. The lowest BCUT2D eigenvalue weighted by atomic mass is 10.4. The summed E-state index contributed by atoms with van der Waals surface area (Å²) < 4.78 is 15.3. The van der Waals surface area contributed by atoms with Crippen LogP contribution in [0.3, 0.4) is 0 Å². The number of rotatable bonds is 10. The van der Waals surface area contributed by atoms with Gasteiger partial charge in [0, 0.05) is 26.7 Å². The monoisotopic (exact) mass is 221 g/mol. The summed E-state index contributed by atoms with van der Waals surface area (Å²) in [4.78, 5) is 0.501. The highest BCUT2D eigenvalue weighted by Crippen LogP contribution is 1.88. The van der Waals surface area contributed by atoms with Gasteiger partial charge in [-0.1, -0.05) is 12.2 Å². The Morgan fingerprint density at radius 2 is 1.71 bits per heavy atom. The smallest absolute Gasteiger partial charge is 0.0750 e. The summed E-state index contributed by atoms with van der Waals surface area (Å²) in [5, 5.41) is 0. The molecule has 0 spiro atoms. The summed E-state index contributed by atoms with van der Waals surface area (Å²) in [5.41, 5.74) is 5.30. The Kier molecular flexibility index (Phi) is 10.7. The van der Waals surface area contributed by atoms with Crippen molar-refractivity contribution in [3.8, 4) is 0 Å². The highest BCUT2D eigenvalue weighted by atomic mass is 32.1. The van der Waals surface area contributed by atoms with Crippen LogP contribution in [0.1, 0.15) is 12.8 Å². The summed E-state index contributed by atoms with van der Waals surface area (Å²) in [6.45, 7) is 3.28. The van der Waals surface area contributed by atoms with Crippen molar-refractivity contribution in [2.75, 3.05) is 40.1 Å². The molecule has 0 heterocycles. The first-order chi connectivity index (χ1) is 6.77. The van der Waals surface area contributed by atoms with Crippen LogP contribution in [0.4, 0.5) is 0 Å². The molecule has 2 N–H and O–H groups in total. The largest absolute Gasteiger partial charge is 0.393 e. The van der Waals surface area contributed by atoms with Gasteiger partial charge in [-0.15, -0.1) is 0 Å². The van der Waals surface area contributed by atoms with E-state index in [-0.39, 0.29) is 0 Å². The lowest BCUT2D eigenvalue weighted by Gasteiger charge is -2.04. The van der Waals surface area contributed by atoms with Crippen molar-refractivity contribution in [1.29, 1.82) is 0 Å². The summed E-state index contributed by atoms with van der Waals surface area (Å²) >= 11 is 4.70. The third-order valence-corrected chi connectivity index (χ3v) is 1.71. The van der Waals surface area contributed by atoms with Crippen LogP contribution in [0.25, 0.3) is 0 Å².